The molecule has 0 aromatic heterocycles. The average Bonchev–Trinajstić information content (AvgIpc) is 2.53. The molecule has 0 atom stereocenters. The van der Waals surface area contributed by atoms with E-state index in [-0.39, 0.29) is 0 Å². The lowest BCUT2D eigenvalue weighted by atomic mass is 9.95. The van der Waals surface area contributed by atoms with E-state index in [0.29, 0.717) is 0 Å². The van der Waals surface area contributed by atoms with Crippen LogP contribution in [0.3, 0.4) is 0 Å². The number of allylic oxidation sites excluding steroid dienone is 5. The summed E-state index contributed by atoms with van der Waals surface area (Å²) in [6.45, 7) is 15.4. The van der Waals surface area contributed by atoms with Gasteiger partial charge in [0.25, 0.3) is 0 Å². The highest BCUT2D eigenvalue weighted by Crippen LogP contribution is 2.23. The Bertz CT molecular complexity index is 367. The molecule has 23 heavy (non-hydrogen) atoms. The van der Waals surface area contributed by atoms with Gasteiger partial charge in [-0.3, -0.25) is 0 Å². The minimum atomic E-state index is 1.18. The van der Waals surface area contributed by atoms with Gasteiger partial charge in [0.15, 0.2) is 0 Å². The largest absolute Gasteiger partial charge is 0.103 e. The Hall–Kier alpha value is -0.780. The van der Waals surface area contributed by atoms with Gasteiger partial charge in [-0.25, -0.2) is 0 Å². The van der Waals surface area contributed by atoms with Crippen LogP contribution in [0.2, 0.25) is 0 Å². The standard InChI is InChI=1S/C23H42/c1-7-9-11-12-13-14-16-18-21(4)23(6)19-22(5)20(3)17-15-10-8-2/h7H,1,8-19H2,2-6H3/b22-20-,23-21-. The van der Waals surface area contributed by atoms with E-state index in [1.165, 1.54) is 77.0 Å². The van der Waals surface area contributed by atoms with Crippen molar-refractivity contribution >= 4 is 0 Å². The predicted molar refractivity (Wildman–Crippen MR) is 108 cm³/mol. The van der Waals surface area contributed by atoms with Crippen molar-refractivity contribution in [1.29, 1.82) is 0 Å². The van der Waals surface area contributed by atoms with Crippen LogP contribution in [0.15, 0.2) is 34.9 Å². The Morgan fingerprint density at radius 1 is 0.652 bits per heavy atom. The second-order valence-corrected chi connectivity index (χ2v) is 7.35. The van der Waals surface area contributed by atoms with E-state index in [9.17, 15) is 0 Å². The predicted octanol–water partition coefficient (Wildman–Crippen LogP) is 8.55. The first kappa shape index (κ1) is 22.2. The third-order valence-electron chi connectivity index (χ3n) is 5.10. The van der Waals surface area contributed by atoms with Crippen LogP contribution in [0.5, 0.6) is 0 Å². The monoisotopic (exact) mass is 318 g/mol. The Balaban J connectivity index is 4.08. The van der Waals surface area contributed by atoms with Crippen molar-refractivity contribution < 1.29 is 0 Å². The summed E-state index contributed by atoms with van der Waals surface area (Å²) in [5, 5.41) is 0. The van der Waals surface area contributed by atoms with E-state index in [2.05, 4.69) is 41.2 Å². The van der Waals surface area contributed by atoms with Crippen LogP contribution in [0.1, 0.15) is 112 Å². The van der Waals surface area contributed by atoms with Crippen molar-refractivity contribution in [2.45, 2.75) is 112 Å². The molecule has 0 amide bonds. The van der Waals surface area contributed by atoms with Gasteiger partial charge < -0.3 is 0 Å². The molecule has 0 rings (SSSR count). The molecular formula is C23H42. The van der Waals surface area contributed by atoms with Gasteiger partial charge in [-0.2, -0.15) is 0 Å². The summed E-state index contributed by atoms with van der Waals surface area (Å²) in [5.41, 5.74) is 6.44. The lowest BCUT2D eigenvalue weighted by molar-refractivity contribution is 0.615. The van der Waals surface area contributed by atoms with E-state index in [4.69, 9.17) is 0 Å². The fourth-order valence-corrected chi connectivity index (χ4v) is 2.98. The summed E-state index contributed by atoms with van der Waals surface area (Å²) < 4.78 is 0. The second-order valence-electron chi connectivity index (χ2n) is 7.35. The first-order valence-electron chi connectivity index (χ1n) is 9.94. The van der Waals surface area contributed by atoms with Crippen LogP contribution in [-0.4, -0.2) is 0 Å². The molecule has 0 N–H and O–H groups in total. The summed E-state index contributed by atoms with van der Waals surface area (Å²) in [5.74, 6) is 0. The van der Waals surface area contributed by atoms with Crippen molar-refractivity contribution in [2.75, 3.05) is 0 Å². The van der Waals surface area contributed by atoms with Crippen LogP contribution in [-0.2, 0) is 0 Å². The van der Waals surface area contributed by atoms with Crippen LogP contribution in [0, 0.1) is 0 Å². The zero-order chi connectivity index (χ0) is 17.5. The fourth-order valence-electron chi connectivity index (χ4n) is 2.98. The minimum Gasteiger partial charge on any atom is -0.103 e. The van der Waals surface area contributed by atoms with Gasteiger partial charge in [-0.05, 0) is 72.6 Å². The normalized spacial score (nSPS) is 13.6. The Labute approximate surface area is 147 Å². The van der Waals surface area contributed by atoms with Gasteiger partial charge in [0.05, 0.1) is 0 Å². The molecule has 0 radical (unpaired) electrons. The van der Waals surface area contributed by atoms with Gasteiger partial charge in [0.1, 0.15) is 0 Å². The SMILES string of the molecule is C=CCCCCCCC/C(C)=C(/C)C/C(C)=C(/C)CCCCC. The van der Waals surface area contributed by atoms with Crippen molar-refractivity contribution in [3.8, 4) is 0 Å². The maximum absolute atomic E-state index is 3.78. The molecule has 0 aromatic carbocycles. The third kappa shape index (κ3) is 12.3. The highest BCUT2D eigenvalue weighted by atomic mass is 14.1. The molecule has 0 bridgehead atoms. The van der Waals surface area contributed by atoms with E-state index in [0.717, 1.165) is 0 Å². The number of hydrogen-bond donors (Lipinski definition) is 0. The van der Waals surface area contributed by atoms with E-state index < -0.39 is 0 Å². The smallest absolute Gasteiger partial charge is 0.0109 e. The first-order chi connectivity index (χ1) is 11.0. The minimum absolute atomic E-state index is 1.18. The van der Waals surface area contributed by atoms with Gasteiger partial charge >= 0.3 is 0 Å². The van der Waals surface area contributed by atoms with Crippen molar-refractivity contribution in [3.05, 3.63) is 34.9 Å². The molecule has 0 aliphatic carbocycles. The van der Waals surface area contributed by atoms with Crippen molar-refractivity contribution in [1.82, 2.24) is 0 Å². The van der Waals surface area contributed by atoms with Gasteiger partial charge in [-0.15, -0.1) is 6.58 Å². The molecule has 0 aliphatic heterocycles. The first-order valence-corrected chi connectivity index (χ1v) is 9.94. The van der Waals surface area contributed by atoms with Crippen LogP contribution in [0.25, 0.3) is 0 Å². The van der Waals surface area contributed by atoms with Crippen molar-refractivity contribution in [2.24, 2.45) is 0 Å². The fraction of sp³-hybridized carbons (Fsp3) is 0.739. The molecule has 0 heteroatoms. The molecule has 0 spiro atoms. The Morgan fingerprint density at radius 3 is 1.65 bits per heavy atom. The number of unbranched alkanes of at least 4 members (excludes halogenated alkanes) is 7. The van der Waals surface area contributed by atoms with E-state index in [1.807, 2.05) is 6.08 Å². The number of rotatable bonds is 14. The molecule has 0 aliphatic rings. The van der Waals surface area contributed by atoms with Crippen LogP contribution >= 0.6 is 0 Å². The zero-order valence-electron chi connectivity index (χ0n) is 16.8. The zero-order valence-corrected chi connectivity index (χ0v) is 16.8. The lowest BCUT2D eigenvalue weighted by Gasteiger charge is -2.12. The van der Waals surface area contributed by atoms with Crippen LogP contribution < -0.4 is 0 Å². The van der Waals surface area contributed by atoms with E-state index >= 15 is 0 Å². The summed E-state index contributed by atoms with van der Waals surface area (Å²) >= 11 is 0. The highest BCUT2D eigenvalue weighted by molar-refractivity contribution is 5.21. The molecule has 0 unspecified atom stereocenters. The van der Waals surface area contributed by atoms with E-state index in [1.54, 1.807) is 22.3 Å². The molecular weight excluding hydrogens is 276 g/mol. The lowest BCUT2D eigenvalue weighted by Crippen LogP contribution is -1.91. The quantitative estimate of drug-likeness (QED) is 0.222. The van der Waals surface area contributed by atoms with Gasteiger partial charge in [-0.1, -0.05) is 67.4 Å². The summed E-state index contributed by atoms with van der Waals surface area (Å²) in [6.07, 6.45) is 17.8. The molecule has 0 nitrogen and oxygen atoms in total. The van der Waals surface area contributed by atoms with Gasteiger partial charge in [0.2, 0.25) is 0 Å². The third-order valence-corrected chi connectivity index (χ3v) is 5.10. The average molecular weight is 319 g/mol. The molecule has 0 aromatic rings. The Kier molecular flexibility index (Phi) is 14.3. The topological polar surface area (TPSA) is 0 Å². The maximum atomic E-state index is 3.78. The van der Waals surface area contributed by atoms with Crippen LogP contribution in [0.4, 0.5) is 0 Å². The summed E-state index contributed by atoms with van der Waals surface area (Å²) in [6, 6.07) is 0. The highest BCUT2D eigenvalue weighted by Gasteiger charge is 2.02. The molecule has 0 heterocycles. The molecule has 0 fully saturated rings. The van der Waals surface area contributed by atoms with Crippen molar-refractivity contribution in [3.63, 3.8) is 0 Å². The Morgan fingerprint density at radius 2 is 1.13 bits per heavy atom. The summed E-state index contributed by atoms with van der Waals surface area (Å²) in [7, 11) is 0. The molecule has 0 saturated carbocycles. The molecule has 134 valence electrons. The summed E-state index contributed by atoms with van der Waals surface area (Å²) in [4.78, 5) is 0. The van der Waals surface area contributed by atoms with Gasteiger partial charge in [0, 0.05) is 0 Å². The molecule has 0 saturated heterocycles. The second kappa shape index (κ2) is 14.8. The maximum Gasteiger partial charge on any atom is -0.0109 e. The number of hydrogen-bond acceptors (Lipinski definition) is 0.